The molecule has 0 aliphatic carbocycles. The van der Waals surface area contributed by atoms with Gasteiger partial charge in [-0.05, 0) is 60.7 Å². The van der Waals surface area contributed by atoms with Crippen LogP contribution in [0.15, 0.2) is 72.8 Å². The van der Waals surface area contributed by atoms with Crippen molar-refractivity contribution < 1.29 is 23.1 Å². The molecule has 0 saturated carbocycles. The molecule has 1 N–H and O–H groups in total. The van der Waals surface area contributed by atoms with Crippen LogP contribution in [0.1, 0.15) is 34.3 Å². The maximum atomic E-state index is 13.7. The van der Waals surface area contributed by atoms with Crippen molar-refractivity contribution in [2.75, 3.05) is 19.6 Å². The van der Waals surface area contributed by atoms with E-state index in [1.54, 1.807) is 59.5 Å². The molecule has 1 aliphatic heterocycles. The van der Waals surface area contributed by atoms with Gasteiger partial charge in [0, 0.05) is 25.6 Å². The van der Waals surface area contributed by atoms with E-state index in [0.717, 1.165) is 5.56 Å². The second kappa shape index (κ2) is 11.6. The topological polar surface area (TPSA) is 58.6 Å². The van der Waals surface area contributed by atoms with Gasteiger partial charge in [-0.2, -0.15) is 0 Å². The number of halogens is 2. The van der Waals surface area contributed by atoms with Crippen LogP contribution in [-0.2, 0) is 17.8 Å². The van der Waals surface area contributed by atoms with E-state index in [0.29, 0.717) is 55.8 Å². The van der Waals surface area contributed by atoms with Gasteiger partial charge in [-0.3, -0.25) is 9.59 Å². The van der Waals surface area contributed by atoms with E-state index in [4.69, 9.17) is 4.74 Å². The summed E-state index contributed by atoms with van der Waals surface area (Å²) >= 11 is 0. The maximum Gasteiger partial charge on any atom is 0.257 e. The van der Waals surface area contributed by atoms with Crippen LogP contribution < -0.4 is 10.1 Å². The van der Waals surface area contributed by atoms with E-state index in [1.807, 2.05) is 0 Å². The van der Waals surface area contributed by atoms with Crippen LogP contribution in [0.5, 0.6) is 5.75 Å². The number of rotatable bonds is 8. The Labute approximate surface area is 203 Å². The molecule has 35 heavy (non-hydrogen) atoms. The molecule has 5 nitrogen and oxygen atoms in total. The maximum absolute atomic E-state index is 13.7. The predicted octanol–water partition coefficient (Wildman–Crippen LogP) is 4.75. The van der Waals surface area contributed by atoms with E-state index in [2.05, 4.69) is 5.32 Å². The minimum Gasteiger partial charge on any atom is -0.488 e. The van der Waals surface area contributed by atoms with Crippen molar-refractivity contribution in [2.45, 2.75) is 25.9 Å². The molecule has 0 unspecified atom stereocenters. The minimum atomic E-state index is -0.313. The zero-order valence-electron chi connectivity index (χ0n) is 19.4. The zero-order chi connectivity index (χ0) is 24.6. The number of carbonyl (C=O) groups is 2. The summed E-state index contributed by atoms with van der Waals surface area (Å²) in [5.41, 5.74) is 1.84. The summed E-state index contributed by atoms with van der Waals surface area (Å²) in [4.78, 5) is 27.5. The zero-order valence-corrected chi connectivity index (χ0v) is 19.4. The third kappa shape index (κ3) is 6.44. The summed E-state index contributed by atoms with van der Waals surface area (Å²) in [6, 6.07) is 19.6. The lowest BCUT2D eigenvalue weighted by atomic mass is 9.95. The standard InChI is InChI=1S/C28H28F2N2O3/c29-23-11-9-20(10-12-23)19-35-26-8-4-2-6-24(26)28(34)32-17-14-22(15-18-32)27(33)31-16-13-21-5-1-3-7-25(21)30/h1-12,22H,13-19H2,(H,31,33). The van der Waals surface area contributed by atoms with Gasteiger partial charge in [0.1, 0.15) is 24.0 Å². The van der Waals surface area contributed by atoms with Crippen LogP contribution in [0.3, 0.4) is 0 Å². The minimum absolute atomic E-state index is 0.0588. The number of hydrogen-bond donors (Lipinski definition) is 1. The Kier molecular flexibility index (Phi) is 8.08. The van der Waals surface area contributed by atoms with Crippen molar-refractivity contribution in [2.24, 2.45) is 5.92 Å². The Morgan fingerprint density at radius 2 is 1.60 bits per heavy atom. The number of likely N-dealkylation sites (tertiary alicyclic amines) is 1. The summed E-state index contributed by atoms with van der Waals surface area (Å²) in [5, 5.41) is 2.90. The fourth-order valence-corrected chi connectivity index (χ4v) is 4.19. The van der Waals surface area contributed by atoms with E-state index in [-0.39, 0.29) is 36.0 Å². The van der Waals surface area contributed by atoms with Crippen molar-refractivity contribution in [3.8, 4) is 5.75 Å². The first-order chi connectivity index (χ1) is 17.0. The van der Waals surface area contributed by atoms with Gasteiger partial charge in [-0.25, -0.2) is 8.78 Å². The molecule has 0 spiro atoms. The van der Waals surface area contributed by atoms with Gasteiger partial charge in [0.2, 0.25) is 5.91 Å². The molecule has 4 rings (SSSR count). The second-order valence-corrected chi connectivity index (χ2v) is 8.61. The predicted molar refractivity (Wildman–Crippen MR) is 129 cm³/mol. The molecule has 2 amide bonds. The van der Waals surface area contributed by atoms with Crippen molar-refractivity contribution in [1.29, 1.82) is 0 Å². The highest BCUT2D eigenvalue weighted by Crippen LogP contribution is 2.25. The van der Waals surface area contributed by atoms with Gasteiger partial charge >= 0.3 is 0 Å². The van der Waals surface area contributed by atoms with Gasteiger partial charge in [0.25, 0.3) is 5.91 Å². The first-order valence-corrected chi connectivity index (χ1v) is 11.8. The number of ether oxygens (including phenoxy) is 1. The van der Waals surface area contributed by atoms with Crippen LogP contribution in [0.2, 0.25) is 0 Å². The molecule has 1 aliphatic rings. The normalized spacial score (nSPS) is 13.9. The highest BCUT2D eigenvalue weighted by Gasteiger charge is 2.28. The number of nitrogens with zero attached hydrogens (tertiary/aromatic N) is 1. The smallest absolute Gasteiger partial charge is 0.257 e. The Hall–Kier alpha value is -3.74. The van der Waals surface area contributed by atoms with Gasteiger partial charge in [-0.1, -0.05) is 42.5 Å². The van der Waals surface area contributed by atoms with E-state index >= 15 is 0 Å². The quantitative estimate of drug-likeness (QED) is 0.508. The monoisotopic (exact) mass is 478 g/mol. The Bertz CT molecular complexity index is 1160. The highest BCUT2D eigenvalue weighted by molar-refractivity contribution is 5.97. The molecule has 0 radical (unpaired) electrons. The molecule has 1 fully saturated rings. The first-order valence-electron chi connectivity index (χ1n) is 11.8. The lowest BCUT2D eigenvalue weighted by Crippen LogP contribution is -2.43. The number of carbonyl (C=O) groups excluding carboxylic acids is 2. The van der Waals surface area contributed by atoms with Gasteiger partial charge < -0.3 is 15.0 Å². The van der Waals surface area contributed by atoms with Crippen molar-refractivity contribution in [3.05, 3.63) is 101 Å². The van der Waals surface area contributed by atoms with Crippen LogP contribution in [0, 0.1) is 17.6 Å². The lowest BCUT2D eigenvalue weighted by molar-refractivity contribution is -0.126. The summed E-state index contributed by atoms with van der Waals surface area (Å²) in [6.45, 7) is 1.53. The van der Waals surface area contributed by atoms with E-state index in [9.17, 15) is 18.4 Å². The second-order valence-electron chi connectivity index (χ2n) is 8.61. The highest BCUT2D eigenvalue weighted by atomic mass is 19.1. The molecule has 1 heterocycles. The average molecular weight is 479 g/mol. The van der Waals surface area contributed by atoms with Gasteiger partial charge in [0.15, 0.2) is 0 Å². The molecule has 0 atom stereocenters. The lowest BCUT2D eigenvalue weighted by Gasteiger charge is -2.31. The number of piperidine rings is 1. The molecule has 0 bridgehead atoms. The van der Waals surface area contributed by atoms with E-state index in [1.165, 1.54) is 18.2 Å². The Morgan fingerprint density at radius 3 is 2.34 bits per heavy atom. The summed E-state index contributed by atoms with van der Waals surface area (Å²) in [7, 11) is 0. The first kappa shape index (κ1) is 24.4. The third-order valence-corrected chi connectivity index (χ3v) is 6.23. The fourth-order valence-electron chi connectivity index (χ4n) is 4.19. The fraction of sp³-hybridized carbons (Fsp3) is 0.286. The summed E-state index contributed by atoms with van der Waals surface area (Å²) in [5.74, 6) is -0.490. The van der Waals surface area contributed by atoms with Crippen LogP contribution in [0.4, 0.5) is 8.78 Å². The Morgan fingerprint density at radius 1 is 0.914 bits per heavy atom. The number of amides is 2. The van der Waals surface area contributed by atoms with Crippen LogP contribution >= 0.6 is 0 Å². The number of nitrogens with one attached hydrogen (secondary N) is 1. The van der Waals surface area contributed by atoms with Crippen molar-refractivity contribution in [1.82, 2.24) is 10.2 Å². The third-order valence-electron chi connectivity index (χ3n) is 6.23. The number of para-hydroxylation sites is 1. The largest absolute Gasteiger partial charge is 0.488 e. The molecule has 1 saturated heterocycles. The van der Waals surface area contributed by atoms with Crippen LogP contribution in [-0.4, -0.2) is 36.3 Å². The molecular formula is C28H28F2N2O3. The van der Waals surface area contributed by atoms with Crippen LogP contribution in [0.25, 0.3) is 0 Å². The van der Waals surface area contributed by atoms with Crippen molar-refractivity contribution in [3.63, 3.8) is 0 Å². The summed E-state index contributed by atoms with van der Waals surface area (Å²) < 4.78 is 32.7. The summed E-state index contributed by atoms with van der Waals surface area (Å²) in [6.07, 6.45) is 1.57. The average Bonchev–Trinajstić information content (AvgIpc) is 2.89. The Balaban J connectivity index is 1.27. The number of hydrogen-bond acceptors (Lipinski definition) is 3. The van der Waals surface area contributed by atoms with Crippen molar-refractivity contribution >= 4 is 11.8 Å². The van der Waals surface area contributed by atoms with Gasteiger partial charge in [0.05, 0.1) is 5.56 Å². The molecule has 3 aromatic rings. The molecule has 7 heteroatoms. The molecule has 0 aromatic heterocycles. The number of benzene rings is 3. The molecule has 3 aromatic carbocycles. The SMILES string of the molecule is O=C(NCCc1ccccc1F)C1CCN(C(=O)c2ccccc2OCc2ccc(F)cc2)CC1. The van der Waals surface area contributed by atoms with E-state index < -0.39 is 0 Å². The molecular weight excluding hydrogens is 450 g/mol. The molecule has 182 valence electrons. The van der Waals surface area contributed by atoms with Gasteiger partial charge in [-0.15, -0.1) is 0 Å².